The first-order valence-corrected chi connectivity index (χ1v) is 20.2. The molecule has 8 aromatic rings. The lowest BCUT2D eigenvalue weighted by atomic mass is 9.79. The summed E-state index contributed by atoms with van der Waals surface area (Å²) in [7, 11) is 0. The van der Waals surface area contributed by atoms with E-state index < -0.39 is 11.7 Å². The Hall–Kier alpha value is -6.41. The molecule has 0 unspecified atom stereocenters. The van der Waals surface area contributed by atoms with E-state index in [0.29, 0.717) is 45.0 Å². The number of imidazole rings is 1. The number of aromatic hydroxyl groups is 1. The summed E-state index contributed by atoms with van der Waals surface area (Å²) in [5.74, 6) is 1.65. The summed E-state index contributed by atoms with van der Waals surface area (Å²) in [5.41, 5.74) is 11.3. The highest BCUT2D eigenvalue weighted by molar-refractivity contribution is 6.05. The summed E-state index contributed by atoms with van der Waals surface area (Å²) in [6.45, 7) is 19.0. The highest BCUT2D eigenvalue weighted by Gasteiger charge is 2.36. The zero-order chi connectivity index (χ0) is 42.6. The van der Waals surface area contributed by atoms with Crippen molar-refractivity contribution in [1.82, 2.24) is 14.5 Å². The van der Waals surface area contributed by atoms with Crippen LogP contribution in [0.2, 0.25) is 0 Å². The van der Waals surface area contributed by atoms with Gasteiger partial charge in [0.1, 0.15) is 23.1 Å². The van der Waals surface area contributed by atoms with Crippen LogP contribution in [0.5, 0.6) is 17.2 Å². The highest BCUT2D eigenvalue weighted by atomic mass is 19.4. The van der Waals surface area contributed by atoms with Gasteiger partial charge in [0.15, 0.2) is 0 Å². The third-order valence-corrected chi connectivity index (χ3v) is 11.7. The lowest BCUT2D eigenvalue weighted by Crippen LogP contribution is -2.17. The molecule has 0 amide bonds. The highest BCUT2D eigenvalue weighted by Crippen LogP contribution is 2.51. The normalized spacial score (nSPS) is 12.9. The van der Waals surface area contributed by atoms with Crippen molar-refractivity contribution in [3.63, 3.8) is 0 Å². The zero-order valence-electron chi connectivity index (χ0n) is 35.2. The number of phenols is 1. The minimum Gasteiger partial charge on any atom is -0.507 e. The topological polar surface area (TPSA) is 60.2 Å². The number of fused-ring (bicyclic) bond motifs is 3. The van der Waals surface area contributed by atoms with Gasteiger partial charge in [0.2, 0.25) is 0 Å². The van der Waals surface area contributed by atoms with Crippen LogP contribution in [0.1, 0.15) is 74.9 Å². The fourth-order valence-corrected chi connectivity index (χ4v) is 8.77. The van der Waals surface area contributed by atoms with E-state index >= 15 is 0 Å². The number of ether oxygens (including phenoxy) is 1. The fraction of sp³-hybridized carbons (Fsp3) is 0.231. The van der Waals surface area contributed by atoms with E-state index in [1.54, 1.807) is 12.1 Å². The van der Waals surface area contributed by atoms with Gasteiger partial charge in [-0.2, -0.15) is 13.2 Å². The number of aryl methyl sites for hydroxylation is 3. The molecular weight excluding hydrogens is 756 g/mol. The molecule has 60 heavy (non-hydrogen) atoms. The maximum Gasteiger partial charge on any atom is 0.418 e. The van der Waals surface area contributed by atoms with Gasteiger partial charge in [0.25, 0.3) is 0 Å². The van der Waals surface area contributed by atoms with Gasteiger partial charge in [-0.3, -0.25) is 9.55 Å². The van der Waals surface area contributed by atoms with Crippen molar-refractivity contribution in [1.29, 1.82) is 0 Å². The molecular formula is C52H46F3N3O2. The number of benzene rings is 6. The van der Waals surface area contributed by atoms with Crippen molar-refractivity contribution in [2.75, 3.05) is 0 Å². The molecule has 1 aliphatic heterocycles. The maximum absolute atomic E-state index is 14.2. The molecule has 302 valence electrons. The van der Waals surface area contributed by atoms with E-state index in [2.05, 4.69) is 107 Å². The predicted molar refractivity (Wildman–Crippen MR) is 236 cm³/mol. The molecule has 0 radical (unpaired) electrons. The monoisotopic (exact) mass is 801 g/mol. The number of para-hydroxylation sites is 1. The molecule has 1 aliphatic rings. The molecule has 9 rings (SSSR count). The second kappa shape index (κ2) is 13.6. The van der Waals surface area contributed by atoms with E-state index in [9.17, 15) is 18.3 Å². The Balaban J connectivity index is 1.37. The number of halogens is 3. The van der Waals surface area contributed by atoms with Gasteiger partial charge < -0.3 is 9.84 Å². The summed E-state index contributed by atoms with van der Waals surface area (Å²) >= 11 is 0. The Kier molecular flexibility index (Phi) is 8.83. The van der Waals surface area contributed by atoms with E-state index in [4.69, 9.17) is 9.72 Å². The van der Waals surface area contributed by atoms with Gasteiger partial charge in [-0.1, -0.05) is 114 Å². The average Bonchev–Trinajstić information content (AvgIpc) is 3.56. The second-order valence-corrected chi connectivity index (χ2v) is 18.2. The fourth-order valence-electron chi connectivity index (χ4n) is 8.77. The van der Waals surface area contributed by atoms with Crippen LogP contribution in [0.15, 0.2) is 109 Å². The Bertz CT molecular complexity index is 3060. The first-order chi connectivity index (χ1) is 28.3. The molecule has 0 bridgehead atoms. The first-order valence-electron chi connectivity index (χ1n) is 20.2. The Morgan fingerprint density at radius 2 is 1.38 bits per heavy atom. The van der Waals surface area contributed by atoms with E-state index in [1.807, 2.05) is 49.4 Å². The molecule has 6 aromatic carbocycles. The van der Waals surface area contributed by atoms with Gasteiger partial charge in [0, 0.05) is 33.8 Å². The minimum absolute atomic E-state index is 0.0406. The predicted octanol–water partition coefficient (Wildman–Crippen LogP) is 14.6. The van der Waals surface area contributed by atoms with E-state index in [-0.39, 0.29) is 22.0 Å². The van der Waals surface area contributed by atoms with Crippen molar-refractivity contribution in [3.8, 4) is 67.8 Å². The lowest BCUT2D eigenvalue weighted by molar-refractivity contribution is -0.136. The number of rotatable bonds is 4. The summed E-state index contributed by atoms with van der Waals surface area (Å²) in [6.07, 6.45) is -3.66. The average molecular weight is 802 g/mol. The quantitative estimate of drug-likeness (QED) is 0.193. The second-order valence-electron chi connectivity index (χ2n) is 18.2. The molecule has 0 fully saturated rings. The van der Waals surface area contributed by atoms with Gasteiger partial charge >= 0.3 is 6.18 Å². The van der Waals surface area contributed by atoms with Crippen LogP contribution in [0.25, 0.3) is 72.4 Å². The number of aromatic nitrogens is 3. The molecule has 3 heterocycles. The third-order valence-electron chi connectivity index (χ3n) is 11.7. The van der Waals surface area contributed by atoms with Crippen LogP contribution in [0.3, 0.4) is 0 Å². The SMILES string of the molecule is Cc1cc(C)c(-n2c(-c3cc(C(C)(C)C)cc(C(C)(C)C)c3O)nc3c(-c4cc(C)c5c(c4)-c4ncc(C(F)(F)F)c6cccc(c46)O5)cccc32)c(-c2ccccc2)c1. The lowest BCUT2D eigenvalue weighted by Gasteiger charge is -2.28. The van der Waals surface area contributed by atoms with Crippen molar-refractivity contribution in [2.45, 2.75) is 79.3 Å². The van der Waals surface area contributed by atoms with Crippen LogP contribution in [-0.2, 0) is 17.0 Å². The molecule has 0 aliphatic carbocycles. The summed E-state index contributed by atoms with van der Waals surface area (Å²) in [5, 5.41) is 12.8. The number of hydrogen-bond donors (Lipinski definition) is 1. The van der Waals surface area contributed by atoms with Crippen molar-refractivity contribution in [2.24, 2.45) is 0 Å². The molecule has 0 spiro atoms. The summed E-state index contributed by atoms with van der Waals surface area (Å²) in [4.78, 5) is 9.98. The number of nitrogens with zero attached hydrogens (tertiary/aromatic N) is 3. The van der Waals surface area contributed by atoms with Crippen LogP contribution < -0.4 is 4.74 Å². The van der Waals surface area contributed by atoms with Gasteiger partial charge in [-0.05, 0) is 95.8 Å². The van der Waals surface area contributed by atoms with Crippen LogP contribution in [0, 0.1) is 20.8 Å². The van der Waals surface area contributed by atoms with Gasteiger partial charge in [0.05, 0.1) is 38.9 Å². The van der Waals surface area contributed by atoms with Gasteiger partial charge in [-0.15, -0.1) is 0 Å². The Morgan fingerprint density at radius 1 is 0.650 bits per heavy atom. The Morgan fingerprint density at radius 3 is 2.08 bits per heavy atom. The van der Waals surface area contributed by atoms with Crippen LogP contribution >= 0.6 is 0 Å². The van der Waals surface area contributed by atoms with E-state index in [0.717, 1.165) is 67.5 Å². The molecule has 0 atom stereocenters. The molecule has 1 N–H and O–H groups in total. The van der Waals surface area contributed by atoms with E-state index in [1.165, 1.54) is 6.07 Å². The number of phenolic OH excluding ortho intramolecular Hbond substituents is 1. The largest absolute Gasteiger partial charge is 0.507 e. The zero-order valence-corrected chi connectivity index (χ0v) is 35.2. The van der Waals surface area contributed by atoms with Crippen molar-refractivity contribution in [3.05, 3.63) is 143 Å². The Labute approximate surface area is 348 Å². The molecule has 2 aromatic heterocycles. The molecule has 8 heteroatoms. The summed E-state index contributed by atoms with van der Waals surface area (Å²) in [6, 6.07) is 33.7. The summed E-state index contributed by atoms with van der Waals surface area (Å²) < 4.78 is 51.2. The number of hydrogen-bond acceptors (Lipinski definition) is 4. The molecule has 0 saturated heterocycles. The first kappa shape index (κ1) is 39.1. The van der Waals surface area contributed by atoms with Crippen LogP contribution in [0.4, 0.5) is 13.2 Å². The number of alkyl halides is 3. The smallest absolute Gasteiger partial charge is 0.418 e. The maximum atomic E-state index is 14.2. The standard InChI is InChI=1S/C52H46F3N3O2/c1-28-21-29(2)46(36(22-28)31-15-11-10-12-16-31)58-41-19-13-17-34(44(41)57-49(58)38-25-33(50(4,5)6)26-39(47(38)59)51(7,8)9)32-23-30(3)48-37(24-32)45-43-35(18-14-20-42(43)60-48)40(27-56-45)52(53,54)55/h10-27,59H,1-9H3. The molecule has 5 nitrogen and oxygen atoms in total. The number of pyridine rings is 1. The minimum atomic E-state index is -4.58. The van der Waals surface area contributed by atoms with Crippen molar-refractivity contribution >= 4 is 21.8 Å². The third kappa shape index (κ3) is 6.32. The van der Waals surface area contributed by atoms with Crippen LogP contribution in [-0.4, -0.2) is 19.6 Å². The molecule has 0 saturated carbocycles. The van der Waals surface area contributed by atoms with Gasteiger partial charge in [-0.25, -0.2) is 4.98 Å². The van der Waals surface area contributed by atoms with Crippen molar-refractivity contribution < 1.29 is 23.0 Å².